The standard InChI is InChI=1S/C20H31N3O2/c1-16(2)12-14-23-18-10-7-6-9-17(18)22-19(23)11-5-4-8-13-21-20(24)15-25-3/h6-7,9-10,16H,4-5,8,11-15H2,1-3H3,(H,21,24). The fraction of sp³-hybridized carbons (Fsp3) is 0.600. The van der Waals surface area contributed by atoms with Gasteiger partial charge in [0.05, 0.1) is 11.0 Å². The number of hydrogen-bond donors (Lipinski definition) is 1. The Hall–Kier alpha value is -1.88. The van der Waals surface area contributed by atoms with Crippen molar-refractivity contribution in [3.63, 3.8) is 0 Å². The maximum absolute atomic E-state index is 11.3. The Bertz CT molecular complexity index is 664. The van der Waals surface area contributed by atoms with Gasteiger partial charge in [0.15, 0.2) is 0 Å². The first-order valence-corrected chi connectivity index (χ1v) is 9.31. The number of ether oxygens (including phenoxy) is 1. The molecular weight excluding hydrogens is 314 g/mol. The molecule has 1 aromatic heterocycles. The fourth-order valence-corrected chi connectivity index (χ4v) is 2.95. The summed E-state index contributed by atoms with van der Waals surface area (Å²) in [7, 11) is 1.53. The summed E-state index contributed by atoms with van der Waals surface area (Å²) in [6.07, 6.45) is 5.31. The highest BCUT2D eigenvalue weighted by Crippen LogP contribution is 2.19. The van der Waals surface area contributed by atoms with Crippen LogP contribution < -0.4 is 5.32 Å². The molecule has 0 aliphatic carbocycles. The van der Waals surface area contributed by atoms with E-state index in [1.807, 2.05) is 0 Å². The van der Waals surface area contributed by atoms with Crippen molar-refractivity contribution >= 4 is 16.9 Å². The Labute approximate surface area is 150 Å². The molecule has 138 valence electrons. The highest BCUT2D eigenvalue weighted by Gasteiger charge is 2.10. The number of unbranched alkanes of at least 4 members (excludes halogenated alkanes) is 2. The van der Waals surface area contributed by atoms with E-state index in [4.69, 9.17) is 9.72 Å². The van der Waals surface area contributed by atoms with Crippen LogP contribution in [0.15, 0.2) is 24.3 Å². The average Bonchev–Trinajstić information content (AvgIpc) is 2.93. The summed E-state index contributed by atoms with van der Waals surface area (Å²) in [6.45, 7) is 6.40. The summed E-state index contributed by atoms with van der Waals surface area (Å²) in [5.41, 5.74) is 2.33. The minimum atomic E-state index is -0.0435. The summed E-state index contributed by atoms with van der Waals surface area (Å²) in [4.78, 5) is 16.2. The van der Waals surface area contributed by atoms with Crippen molar-refractivity contribution < 1.29 is 9.53 Å². The van der Waals surface area contributed by atoms with Crippen LogP contribution in [-0.2, 0) is 22.5 Å². The molecule has 1 heterocycles. The van der Waals surface area contributed by atoms with Gasteiger partial charge in [-0.1, -0.05) is 32.4 Å². The lowest BCUT2D eigenvalue weighted by atomic mass is 10.1. The third kappa shape index (κ3) is 6.16. The molecule has 0 saturated heterocycles. The molecule has 0 spiro atoms. The number of rotatable bonds is 11. The molecule has 1 N–H and O–H groups in total. The van der Waals surface area contributed by atoms with Gasteiger partial charge in [0.25, 0.3) is 0 Å². The number of methoxy groups -OCH3 is 1. The van der Waals surface area contributed by atoms with Crippen molar-refractivity contribution in [1.29, 1.82) is 0 Å². The molecule has 1 aromatic carbocycles. The topological polar surface area (TPSA) is 56.1 Å². The number of aromatic nitrogens is 2. The maximum atomic E-state index is 11.3. The Morgan fingerprint density at radius 1 is 1.24 bits per heavy atom. The Morgan fingerprint density at radius 3 is 2.80 bits per heavy atom. The summed E-state index contributed by atoms with van der Waals surface area (Å²) >= 11 is 0. The largest absolute Gasteiger partial charge is 0.375 e. The number of nitrogens with zero attached hydrogens (tertiary/aromatic N) is 2. The van der Waals surface area contributed by atoms with E-state index >= 15 is 0 Å². The van der Waals surface area contributed by atoms with Crippen molar-refractivity contribution in [2.45, 2.75) is 52.5 Å². The maximum Gasteiger partial charge on any atom is 0.245 e. The van der Waals surface area contributed by atoms with E-state index in [2.05, 4.69) is 48.0 Å². The van der Waals surface area contributed by atoms with Gasteiger partial charge in [-0.15, -0.1) is 0 Å². The number of carbonyl (C=O) groups excluding carboxylic acids is 1. The van der Waals surface area contributed by atoms with E-state index in [0.717, 1.165) is 37.7 Å². The minimum absolute atomic E-state index is 0.0435. The SMILES string of the molecule is COCC(=O)NCCCCCc1nc2ccccc2n1CCC(C)C. The second-order valence-electron chi connectivity index (χ2n) is 6.94. The molecule has 0 unspecified atom stereocenters. The molecule has 0 bridgehead atoms. The van der Waals surface area contributed by atoms with Crippen molar-refractivity contribution in [2.75, 3.05) is 20.3 Å². The lowest BCUT2D eigenvalue weighted by molar-refractivity contribution is -0.124. The number of para-hydroxylation sites is 2. The monoisotopic (exact) mass is 345 g/mol. The van der Waals surface area contributed by atoms with Crippen LogP contribution in [0, 0.1) is 5.92 Å². The van der Waals surface area contributed by atoms with Gasteiger partial charge < -0.3 is 14.6 Å². The van der Waals surface area contributed by atoms with Crippen molar-refractivity contribution in [2.24, 2.45) is 5.92 Å². The van der Waals surface area contributed by atoms with E-state index in [1.165, 1.54) is 24.9 Å². The first kappa shape index (κ1) is 19.4. The predicted octanol–water partition coefficient (Wildman–Crippen LogP) is 3.56. The minimum Gasteiger partial charge on any atom is -0.375 e. The zero-order chi connectivity index (χ0) is 18.1. The number of fused-ring (bicyclic) bond motifs is 1. The number of imidazole rings is 1. The van der Waals surface area contributed by atoms with E-state index < -0.39 is 0 Å². The number of aryl methyl sites for hydroxylation is 2. The van der Waals surface area contributed by atoms with Crippen LogP contribution in [-0.4, -0.2) is 35.7 Å². The number of carbonyl (C=O) groups is 1. The Kier molecular flexibility index (Phi) is 7.92. The van der Waals surface area contributed by atoms with Crippen LogP contribution in [0.5, 0.6) is 0 Å². The van der Waals surface area contributed by atoms with Gasteiger partial charge in [0.1, 0.15) is 12.4 Å². The summed E-state index contributed by atoms with van der Waals surface area (Å²) < 4.78 is 7.18. The van der Waals surface area contributed by atoms with E-state index in [-0.39, 0.29) is 12.5 Å². The highest BCUT2D eigenvalue weighted by molar-refractivity contribution is 5.77. The molecule has 0 radical (unpaired) electrons. The van der Waals surface area contributed by atoms with Gasteiger partial charge in [0.2, 0.25) is 5.91 Å². The van der Waals surface area contributed by atoms with Gasteiger partial charge in [-0.3, -0.25) is 4.79 Å². The van der Waals surface area contributed by atoms with Crippen molar-refractivity contribution in [1.82, 2.24) is 14.9 Å². The van der Waals surface area contributed by atoms with Crippen LogP contribution >= 0.6 is 0 Å². The smallest absolute Gasteiger partial charge is 0.245 e. The predicted molar refractivity (Wildman–Crippen MR) is 102 cm³/mol. The zero-order valence-electron chi connectivity index (χ0n) is 15.8. The van der Waals surface area contributed by atoms with Gasteiger partial charge in [-0.2, -0.15) is 0 Å². The molecular formula is C20H31N3O2. The quantitative estimate of drug-likeness (QED) is 0.634. The third-order valence-corrected chi connectivity index (χ3v) is 4.34. The number of benzene rings is 1. The van der Waals surface area contributed by atoms with Gasteiger partial charge in [0, 0.05) is 26.6 Å². The molecule has 2 rings (SSSR count). The number of hydrogen-bond acceptors (Lipinski definition) is 3. The number of nitrogens with one attached hydrogen (secondary N) is 1. The Morgan fingerprint density at radius 2 is 2.04 bits per heavy atom. The summed E-state index contributed by atoms with van der Waals surface area (Å²) in [5, 5.41) is 2.86. The molecule has 2 aromatic rings. The normalized spacial score (nSPS) is 11.4. The summed E-state index contributed by atoms with van der Waals surface area (Å²) in [6, 6.07) is 8.39. The summed E-state index contributed by atoms with van der Waals surface area (Å²) in [5.74, 6) is 1.83. The molecule has 0 atom stereocenters. The molecule has 0 fully saturated rings. The van der Waals surface area contributed by atoms with Gasteiger partial charge in [-0.25, -0.2) is 4.98 Å². The van der Waals surface area contributed by atoms with E-state index in [0.29, 0.717) is 12.5 Å². The molecule has 5 nitrogen and oxygen atoms in total. The van der Waals surface area contributed by atoms with Gasteiger partial charge >= 0.3 is 0 Å². The fourth-order valence-electron chi connectivity index (χ4n) is 2.95. The van der Waals surface area contributed by atoms with Crippen molar-refractivity contribution in [3.05, 3.63) is 30.1 Å². The van der Waals surface area contributed by atoms with Crippen LogP contribution in [0.25, 0.3) is 11.0 Å². The lowest BCUT2D eigenvalue weighted by Gasteiger charge is -2.11. The van der Waals surface area contributed by atoms with Crippen LogP contribution in [0.3, 0.4) is 0 Å². The van der Waals surface area contributed by atoms with E-state index in [1.54, 1.807) is 0 Å². The van der Waals surface area contributed by atoms with Crippen LogP contribution in [0.4, 0.5) is 0 Å². The lowest BCUT2D eigenvalue weighted by Crippen LogP contribution is -2.27. The molecule has 0 aliphatic rings. The molecule has 0 saturated carbocycles. The zero-order valence-corrected chi connectivity index (χ0v) is 15.8. The molecule has 5 heteroatoms. The second kappa shape index (κ2) is 10.2. The molecule has 1 amide bonds. The second-order valence-corrected chi connectivity index (χ2v) is 6.94. The first-order chi connectivity index (χ1) is 12.1. The molecule has 25 heavy (non-hydrogen) atoms. The van der Waals surface area contributed by atoms with Crippen LogP contribution in [0.1, 0.15) is 45.4 Å². The number of amides is 1. The third-order valence-electron chi connectivity index (χ3n) is 4.34. The van der Waals surface area contributed by atoms with E-state index in [9.17, 15) is 4.79 Å². The van der Waals surface area contributed by atoms with Crippen molar-refractivity contribution in [3.8, 4) is 0 Å². The first-order valence-electron chi connectivity index (χ1n) is 9.31. The van der Waals surface area contributed by atoms with Gasteiger partial charge in [-0.05, 0) is 37.3 Å². The molecule has 0 aliphatic heterocycles. The Balaban J connectivity index is 1.85. The average molecular weight is 345 g/mol. The highest BCUT2D eigenvalue weighted by atomic mass is 16.5. The van der Waals surface area contributed by atoms with Crippen LogP contribution in [0.2, 0.25) is 0 Å².